The quantitative estimate of drug-likeness (QED) is 0.289. The number of amides is 1. The summed E-state index contributed by atoms with van der Waals surface area (Å²) in [6.07, 6.45) is -8.55. The number of hydrogen-bond donors (Lipinski definition) is 2. The van der Waals surface area contributed by atoms with Crippen molar-refractivity contribution in [1.82, 2.24) is 34.4 Å². The molecule has 0 spiro atoms. The molecular formula is C24H22ClF4N7O4. The number of ether oxygens (including phenoxy) is 1. The highest BCUT2D eigenvalue weighted by Crippen LogP contribution is 2.24. The van der Waals surface area contributed by atoms with E-state index in [0.29, 0.717) is 16.1 Å². The number of rotatable bonds is 9. The highest BCUT2D eigenvalue weighted by Gasteiger charge is 2.39. The summed E-state index contributed by atoms with van der Waals surface area (Å²) >= 11 is 5.91. The van der Waals surface area contributed by atoms with Crippen LogP contribution >= 0.6 is 11.6 Å². The minimum atomic E-state index is -4.98. The van der Waals surface area contributed by atoms with Gasteiger partial charge >= 0.3 is 18.0 Å². The largest absolute Gasteiger partial charge is 0.441 e. The van der Waals surface area contributed by atoms with Gasteiger partial charge in [0.05, 0.1) is 12.2 Å². The normalized spacial score (nSPS) is 12.4. The van der Waals surface area contributed by atoms with Crippen molar-refractivity contribution in [2.24, 2.45) is 0 Å². The van der Waals surface area contributed by atoms with Crippen molar-refractivity contribution in [2.45, 2.75) is 38.9 Å². The van der Waals surface area contributed by atoms with Gasteiger partial charge in [-0.05, 0) is 49.4 Å². The van der Waals surface area contributed by atoms with Crippen molar-refractivity contribution >= 4 is 17.7 Å². The highest BCUT2D eigenvalue weighted by molar-refractivity contribution is 6.30. The highest BCUT2D eigenvalue weighted by atomic mass is 35.5. The predicted molar refractivity (Wildman–Crippen MR) is 133 cm³/mol. The third-order valence-electron chi connectivity index (χ3n) is 5.47. The van der Waals surface area contributed by atoms with Crippen molar-refractivity contribution in [3.05, 3.63) is 81.5 Å². The van der Waals surface area contributed by atoms with Gasteiger partial charge in [0.1, 0.15) is 12.4 Å². The van der Waals surface area contributed by atoms with Crippen molar-refractivity contribution in [3.8, 4) is 17.1 Å². The number of hydrogen-bond acceptors (Lipinski definition) is 7. The number of carbonyl (C=O) groups is 1. The SMILES string of the molecule is CCNC(=O)OCc1nc(Cn2nc(-c3ccc(Cl)cc3)n(CC(O)C(F)(F)F)c2=O)nn1-c1cccc(F)c1. The molecule has 0 bridgehead atoms. The van der Waals surface area contributed by atoms with Crippen LogP contribution in [0.5, 0.6) is 0 Å². The van der Waals surface area contributed by atoms with Gasteiger partial charge in [0.2, 0.25) is 0 Å². The number of alkyl halides is 3. The Balaban J connectivity index is 1.73. The van der Waals surface area contributed by atoms with E-state index in [1.54, 1.807) is 6.92 Å². The fourth-order valence-electron chi connectivity index (χ4n) is 3.62. The lowest BCUT2D eigenvalue weighted by atomic mass is 10.2. The Morgan fingerprint density at radius 3 is 2.55 bits per heavy atom. The topological polar surface area (TPSA) is 129 Å². The van der Waals surface area contributed by atoms with Crippen molar-refractivity contribution in [1.29, 1.82) is 0 Å². The number of alkyl carbamates (subject to hydrolysis) is 1. The van der Waals surface area contributed by atoms with Crippen LogP contribution in [0.1, 0.15) is 18.6 Å². The van der Waals surface area contributed by atoms with Crippen LogP contribution in [0.2, 0.25) is 5.02 Å². The van der Waals surface area contributed by atoms with Gasteiger partial charge in [-0.25, -0.2) is 28.3 Å². The Morgan fingerprint density at radius 2 is 1.90 bits per heavy atom. The van der Waals surface area contributed by atoms with Gasteiger partial charge in [-0.15, -0.1) is 10.2 Å². The van der Waals surface area contributed by atoms with Gasteiger partial charge in [-0.2, -0.15) is 13.2 Å². The second-order valence-corrected chi connectivity index (χ2v) is 8.82. The van der Waals surface area contributed by atoms with E-state index >= 15 is 0 Å². The minimum Gasteiger partial charge on any atom is -0.441 e. The zero-order chi connectivity index (χ0) is 29.0. The van der Waals surface area contributed by atoms with Crippen LogP contribution in [0, 0.1) is 5.82 Å². The third kappa shape index (κ3) is 6.66. The maximum Gasteiger partial charge on any atom is 0.416 e. The molecule has 0 saturated carbocycles. The van der Waals surface area contributed by atoms with Crippen molar-refractivity contribution in [2.75, 3.05) is 6.54 Å². The molecule has 2 N–H and O–H groups in total. The Morgan fingerprint density at radius 1 is 1.18 bits per heavy atom. The summed E-state index contributed by atoms with van der Waals surface area (Å²) in [5.41, 5.74) is -0.472. The molecule has 0 aliphatic carbocycles. The number of aliphatic hydroxyl groups excluding tert-OH is 1. The van der Waals surface area contributed by atoms with E-state index in [2.05, 4.69) is 20.5 Å². The molecule has 1 amide bonds. The lowest BCUT2D eigenvalue weighted by Crippen LogP contribution is -2.37. The third-order valence-corrected chi connectivity index (χ3v) is 5.73. The number of nitrogens with zero attached hydrogens (tertiary/aromatic N) is 6. The molecule has 0 aliphatic rings. The molecule has 2 aromatic carbocycles. The lowest BCUT2D eigenvalue weighted by Gasteiger charge is -2.15. The number of aromatic nitrogens is 6. The number of halogens is 5. The van der Waals surface area contributed by atoms with Gasteiger partial charge in [0.25, 0.3) is 0 Å². The molecule has 11 nitrogen and oxygen atoms in total. The van der Waals surface area contributed by atoms with Gasteiger partial charge < -0.3 is 15.2 Å². The average Bonchev–Trinajstić information content (AvgIpc) is 3.44. The summed E-state index contributed by atoms with van der Waals surface area (Å²) < 4.78 is 61.1. The molecule has 2 heterocycles. The molecule has 4 aromatic rings. The molecule has 0 radical (unpaired) electrons. The van der Waals surface area contributed by atoms with E-state index in [1.807, 2.05) is 0 Å². The van der Waals surface area contributed by atoms with Crippen LogP contribution in [0.3, 0.4) is 0 Å². The van der Waals surface area contributed by atoms with Crippen LogP contribution < -0.4 is 11.0 Å². The predicted octanol–water partition coefficient (Wildman–Crippen LogP) is 3.30. The Bertz CT molecular complexity index is 1550. The van der Waals surface area contributed by atoms with Crippen LogP contribution in [0.15, 0.2) is 53.3 Å². The summed E-state index contributed by atoms with van der Waals surface area (Å²) in [4.78, 5) is 29.2. The van der Waals surface area contributed by atoms with Crippen LogP contribution in [-0.4, -0.2) is 59.1 Å². The fourth-order valence-corrected chi connectivity index (χ4v) is 3.75. The summed E-state index contributed by atoms with van der Waals surface area (Å²) in [6.45, 7) is 0.108. The monoisotopic (exact) mass is 583 g/mol. The summed E-state index contributed by atoms with van der Waals surface area (Å²) in [5, 5.41) is 20.9. The standard InChI is InChI=1S/C24H22ClF4N7O4/c1-2-30-22(38)40-13-20-31-19(32-36(20)17-5-3-4-16(26)10-17)12-35-23(39)34(11-18(37)24(27,28)29)21(33-35)14-6-8-15(25)9-7-14/h3-10,18,37H,2,11-13H2,1H3,(H,30,38). The van der Waals surface area contributed by atoms with Gasteiger partial charge in [0, 0.05) is 17.1 Å². The Kier molecular flexibility index (Phi) is 8.54. The number of benzene rings is 2. The van der Waals surface area contributed by atoms with Gasteiger partial charge in [-0.3, -0.25) is 4.57 Å². The van der Waals surface area contributed by atoms with Crippen LogP contribution in [0.25, 0.3) is 17.1 Å². The average molecular weight is 584 g/mol. The summed E-state index contributed by atoms with van der Waals surface area (Å²) in [7, 11) is 0. The number of aliphatic hydroxyl groups is 1. The second-order valence-electron chi connectivity index (χ2n) is 8.38. The summed E-state index contributed by atoms with van der Waals surface area (Å²) in [6, 6.07) is 11.2. The van der Waals surface area contributed by atoms with Crippen molar-refractivity contribution in [3.63, 3.8) is 0 Å². The zero-order valence-corrected chi connectivity index (χ0v) is 21.5. The molecule has 0 aliphatic heterocycles. The van der Waals surface area contributed by atoms with E-state index in [-0.39, 0.29) is 35.3 Å². The molecule has 4 rings (SSSR count). The van der Waals surface area contributed by atoms with Gasteiger partial charge in [-0.1, -0.05) is 17.7 Å². The van der Waals surface area contributed by atoms with Gasteiger partial charge in [0.15, 0.2) is 30.2 Å². The van der Waals surface area contributed by atoms with Crippen LogP contribution in [0.4, 0.5) is 22.4 Å². The first-order chi connectivity index (χ1) is 19.0. The zero-order valence-electron chi connectivity index (χ0n) is 20.8. The lowest BCUT2D eigenvalue weighted by molar-refractivity contribution is -0.207. The van der Waals surface area contributed by atoms with E-state index in [1.165, 1.54) is 47.1 Å². The molecular weight excluding hydrogens is 562 g/mol. The molecule has 0 fully saturated rings. The first-order valence-corrected chi connectivity index (χ1v) is 12.1. The minimum absolute atomic E-state index is 0.0375. The fraction of sp³-hybridized carbons (Fsp3) is 0.292. The Hall–Kier alpha value is -4.24. The van der Waals surface area contributed by atoms with Crippen LogP contribution in [-0.2, 0) is 24.4 Å². The molecule has 212 valence electrons. The molecule has 2 aromatic heterocycles. The first kappa shape index (κ1) is 28.8. The maximum atomic E-state index is 13.9. The second kappa shape index (κ2) is 11.9. The van der Waals surface area contributed by atoms with Crippen molar-refractivity contribution < 1.29 is 32.2 Å². The molecule has 1 atom stereocenters. The first-order valence-electron chi connectivity index (χ1n) is 11.8. The van der Waals surface area contributed by atoms with E-state index in [4.69, 9.17) is 16.3 Å². The number of nitrogens with one attached hydrogen (secondary N) is 1. The Labute approximate surface area is 228 Å². The summed E-state index contributed by atoms with van der Waals surface area (Å²) in [5.74, 6) is -0.695. The number of carbonyl (C=O) groups excluding carboxylic acids is 1. The van der Waals surface area contributed by atoms with E-state index in [9.17, 15) is 32.3 Å². The smallest absolute Gasteiger partial charge is 0.416 e. The van der Waals surface area contributed by atoms with E-state index < -0.39 is 43.0 Å². The molecule has 1 unspecified atom stereocenters. The molecule has 40 heavy (non-hydrogen) atoms. The van der Waals surface area contributed by atoms with E-state index in [0.717, 1.165) is 10.7 Å². The molecule has 0 saturated heterocycles. The molecule has 16 heteroatoms. The maximum absolute atomic E-state index is 13.9.